The molecule has 5 nitrogen and oxygen atoms in total. The molecule has 1 atom stereocenters. The fraction of sp³-hybridized carbons (Fsp3) is 0.105. The maximum Gasteiger partial charge on any atom is 0.271 e. The van der Waals surface area contributed by atoms with Crippen LogP contribution in [0.5, 0.6) is 0 Å². The standard InChI is InChI=1S/C19H17FN2O3S3/c1-13(19(23)21-17-6-3-2-5-16(17)20)27-15-10-8-14(9-11-15)22-28(24,25)18-7-4-12-26-18/h2-13,22H,1H3,(H,21,23). The van der Waals surface area contributed by atoms with Gasteiger partial charge in [-0.1, -0.05) is 18.2 Å². The highest BCUT2D eigenvalue weighted by Crippen LogP contribution is 2.27. The van der Waals surface area contributed by atoms with Gasteiger partial charge in [-0.15, -0.1) is 23.1 Å². The molecule has 0 spiro atoms. The molecule has 146 valence electrons. The summed E-state index contributed by atoms with van der Waals surface area (Å²) in [5.74, 6) is -0.812. The van der Waals surface area contributed by atoms with Crippen molar-refractivity contribution in [3.63, 3.8) is 0 Å². The van der Waals surface area contributed by atoms with Gasteiger partial charge in [-0.2, -0.15) is 0 Å². The predicted molar refractivity (Wildman–Crippen MR) is 112 cm³/mol. The van der Waals surface area contributed by atoms with Gasteiger partial charge >= 0.3 is 0 Å². The third-order valence-corrected chi connectivity index (χ3v) is 7.57. The molecule has 1 heterocycles. The number of para-hydroxylation sites is 1. The topological polar surface area (TPSA) is 75.3 Å². The van der Waals surface area contributed by atoms with Crippen LogP contribution in [0, 0.1) is 5.82 Å². The number of nitrogens with one attached hydrogen (secondary N) is 2. The van der Waals surface area contributed by atoms with E-state index in [-0.39, 0.29) is 15.8 Å². The number of amides is 1. The van der Waals surface area contributed by atoms with E-state index in [4.69, 9.17) is 0 Å². The molecular formula is C19H17FN2O3S3. The summed E-state index contributed by atoms with van der Waals surface area (Å²) in [6, 6.07) is 15.9. The molecule has 0 saturated carbocycles. The Kier molecular flexibility index (Phi) is 6.38. The van der Waals surface area contributed by atoms with Crippen LogP contribution in [0.1, 0.15) is 6.92 Å². The van der Waals surface area contributed by atoms with Gasteiger partial charge < -0.3 is 5.32 Å². The summed E-state index contributed by atoms with van der Waals surface area (Å²) < 4.78 is 40.9. The Hall–Kier alpha value is -2.36. The van der Waals surface area contributed by atoms with Crippen LogP contribution < -0.4 is 10.0 Å². The number of halogens is 1. The molecule has 0 fully saturated rings. The molecule has 9 heteroatoms. The fourth-order valence-corrected chi connectivity index (χ4v) is 5.20. The molecule has 3 rings (SSSR count). The summed E-state index contributed by atoms with van der Waals surface area (Å²) >= 11 is 2.43. The second kappa shape index (κ2) is 8.76. The second-order valence-electron chi connectivity index (χ2n) is 5.79. The molecule has 1 amide bonds. The van der Waals surface area contributed by atoms with E-state index in [1.165, 1.54) is 30.0 Å². The van der Waals surface area contributed by atoms with Crippen LogP contribution in [0.15, 0.2) is 75.1 Å². The molecule has 1 aromatic heterocycles. The third kappa shape index (κ3) is 5.12. The minimum Gasteiger partial charge on any atom is -0.323 e. The minimum absolute atomic E-state index is 0.137. The van der Waals surface area contributed by atoms with Crippen LogP contribution >= 0.6 is 23.1 Å². The Labute approximate surface area is 171 Å². The Bertz CT molecular complexity index is 1050. The summed E-state index contributed by atoms with van der Waals surface area (Å²) in [6.45, 7) is 1.72. The van der Waals surface area contributed by atoms with Crippen molar-refractivity contribution in [1.29, 1.82) is 0 Å². The van der Waals surface area contributed by atoms with Crippen LogP contribution in [0.2, 0.25) is 0 Å². The van der Waals surface area contributed by atoms with Gasteiger partial charge in [-0.25, -0.2) is 12.8 Å². The highest BCUT2D eigenvalue weighted by atomic mass is 32.2. The number of thioether (sulfide) groups is 1. The van der Waals surface area contributed by atoms with Crippen molar-refractivity contribution in [3.8, 4) is 0 Å². The van der Waals surface area contributed by atoms with E-state index >= 15 is 0 Å². The van der Waals surface area contributed by atoms with Gasteiger partial charge in [0.25, 0.3) is 10.0 Å². The first-order valence-corrected chi connectivity index (χ1v) is 11.5. The van der Waals surface area contributed by atoms with Gasteiger partial charge in [-0.05, 0) is 54.8 Å². The van der Waals surface area contributed by atoms with Crippen molar-refractivity contribution in [2.24, 2.45) is 0 Å². The summed E-state index contributed by atoms with van der Waals surface area (Å²) in [7, 11) is -3.60. The molecule has 0 aliphatic heterocycles. The SMILES string of the molecule is CC(Sc1ccc(NS(=O)(=O)c2cccs2)cc1)C(=O)Nc1ccccc1F. The van der Waals surface area contributed by atoms with E-state index in [2.05, 4.69) is 10.0 Å². The maximum atomic E-state index is 13.6. The van der Waals surface area contributed by atoms with Crippen molar-refractivity contribution in [2.75, 3.05) is 10.0 Å². The van der Waals surface area contributed by atoms with Gasteiger partial charge in [0.1, 0.15) is 10.0 Å². The largest absolute Gasteiger partial charge is 0.323 e. The fourth-order valence-electron chi connectivity index (χ4n) is 2.28. The molecular weight excluding hydrogens is 419 g/mol. The molecule has 1 unspecified atom stereocenters. The van der Waals surface area contributed by atoms with Gasteiger partial charge in [-0.3, -0.25) is 9.52 Å². The number of carbonyl (C=O) groups excluding carboxylic acids is 1. The van der Waals surface area contributed by atoms with Crippen molar-refractivity contribution >= 4 is 50.4 Å². The number of sulfonamides is 1. The molecule has 0 bridgehead atoms. The number of anilines is 2. The average Bonchev–Trinajstić information content (AvgIpc) is 3.21. The Morgan fingerprint density at radius 1 is 1.07 bits per heavy atom. The van der Waals surface area contributed by atoms with Crippen LogP contribution in [0.4, 0.5) is 15.8 Å². The van der Waals surface area contributed by atoms with Crippen molar-refractivity contribution in [2.45, 2.75) is 21.3 Å². The predicted octanol–water partition coefficient (Wildman–Crippen LogP) is 4.81. The van der Waals surface area contributed by atoms with E-state index in [0.717, 1.165) is 16.2 Å². The molecule has 0 aliphatic carbocycles. The quantitative estimate of drug-likeness (QED) is 0.522. The number of carbonyl (C=O) groups is 1. The van der Waals surface area contributed by atoms with Crippen LogP contribution in [-0.4, -0.2) is 19.6 Å². The summed E-state index contributed by atoms with van der Waals surface area (Å²) in [6.07, 6.45) is 0. The monoisotopic (exact) mass is 436 g/mol. The highest BCUT2D eigenvalue weighted by molar-refractivity contribution is 8.00. The van der Waals surface area contributed by atoms with E-state index in [1.807, 2.05) is 0 Å². The molecule has 28 heavy (non-hydrogen) atoms. The number of hydrogen-bond donors (Lipinski definition) is 2. The lowest BCUT2D eigenvalue weighted by Crippen LogP contribution is -2.22. The van der Waals surface area contributed by atoms with E-state index in [9.17, 15) is 17.6 Å². The minimum atomic E-state index is -3.60. The van der Waals surface area contributed by atoms with Crippen LogP contribution in [-0.2, 0) is 14.8 Å². The van der Waals surface area contributed by atoms with Gasteiger partial charge in [0.15, 0.2) is 0 Å². The van der Waals surface area contributed by atoms with Crippen LogP contribution in [0.25, 0.3) is 0 Å². The number of hydrogen-bond acceptors (Lipinski definition) is 5. The number of rotatable bonds is 7. The van der Waals surface area contributed by atoms with Gasteiger partial charge in [0.05, 0.1) is 10.9 Å². The first kappa shape index (κ1) is 20.4. The lowest BCUT2D eigenvalue weighted by molar-refractivity contribution is -0.115. The van der Waals surface area contributed by atoms with Crippen molar-refractivity contribution in [1.82, 2.24) is 0 Å². The Balaban J connectivity index is 1.61. The summed E-state index contributed by atoms with van der Waals surface area (Å²) in [4.78, 5) is 13.1. The second-order valence-corrected chi connectivity index (χ2v) is 10.1. The lowest BCUT2D eigenvalue weighted by Gasteiger charge is -2.13. The Morgan fingerprint density at radius 3 is 2.43 bits per heavy atom. The first-order valence-electron chi connectivity index (χ1n) is 8.23. The molecule has 3 aromatic rings. The highest BCUT2D eigenvalue weighted by Gasteiger charge is 2.17. The van der Waals surface area contributed by atoms with Crippen molar-refractivity contribution in [3.05, 3.63) is 71.9 Å². The molecule has 0 saturated heterocycles. The Morgan fingerprint density at radius 2 is 1.79 bits per heavy atom. The van der Waals surface area contributed by atoms with Gasteiger partial charge in [0, 0.05) is 10.6 Å². The first-order chi connectivity index (χ1) is 13.3. The summed E-state index contributed by atoms with van der Waals surface area (Å²) in [5, 5.41) is 3.79. The summed E-state index contributed by atoms with van der Waals surface area (Å²) in [5.41, 5.74) is 0.569. The molecule has 2 N–H and O–H groups in total. The third-order valence-electron chi connectivity index (χ3n) is 3.68. The van der Waals surface area contributed by atoms with E-state index < -0.39 is 21.1 Å². The lowest BCUT2D eigenvalue weighted by atomic mass is 10.3. The smallest absolute Gasteiger partial charge is 0.271 e. The molecule has 0 radical (unpaired) electrons. The van der Waals surface area contributed by atoms with E-state index in [1.54, 1.807) is 54.8 Å². The normalized spacial score (nSPS) is 12.4. The van der Waals surface area contributed by atoms with E-state index in [0.29, 0.717) is 5.69 Å². The average molecular weight is 437 g/mol. The zero-order chi connectivity index (χ0) is 20.1. The maximum absolute atomic E-state index is 13.6. The van der Waals surface area contributed by atoms with Crippen molar-refractivity contribution < 1.29 is 17.6 Å². The van der Waals surface area contributed by atoms with Gasteiger partial charge in [0.2, 0.25) is 5.91 Å². The molecule has 0 aliphatic rings. The number of benzene rings is 2. The molecule has 2 aromatic carbocycles. The zero-order valence-electron chi connectivity index (χ0n) is 14.8. The number of thiophene rings is 1. The zero-order valence-corrected chi connectivity index (χ0v) is 17.2. The van der Waals surface area contributed by atoms with Crippen LogP contribution in [0.3, 0.4) is 0 Å².